The summed E-state index contributed by atoms with van der Waals surface area (Å²) in [6, 6.07) is 7.33. The zero-order valence-corrected chi connectivity index (χ0v) is 16.9. The molecular formula is C20H23N3O5S. The molecule has 1 aromatic carbocycles. The van der Waals surface area contributed by atoms with Gasteiger partial charge >= 0.3 is 5.97 Å². The molecule has 1 saturated heterocycles. The lowest BCUT2D eigenvalue weighted by atomic mass is 10.2. The maximum absolute atomic E-state index is 12.8. The Morgan fingerprint density at radius 2 is 1.90 bits per heavy atom. The number of aliphatic hydroxyl groups excluding tert-OH is 1. The van der Waals surface area contributed by atoms with Gasteiger partial charge in [0, 0.05) is 25.7 Å². The molecule has 0 atom stereocenters. The molecule has 1 amide bonds. The highest BCUT2D eigenvalue weighted by atomic mass is 32.1. The fourth-order valence-electron chi connectivity index (χ4n) is 3.25. The summed E-state index contributed by atoms with van der Waals surface area (Å²) in [6.45, 7) is 2.76. The van der Waals surface area contributed by atoms with Crippen molar-refractivity contribution in [2.75, 3.05) is 31.1 Å². The van der Waals surface area contributed by atoms with E-state index in [1.807, 2.05) is 25.1 Å². The van der Waals surface area contributed by atoms with Crippen molar-refractivity contribution in [3.05, 3.63) is 48.0 Å². The van der Waals surface area contributed by atoms with Crippen LogP contribution < -0.4 is 9.64 Å². The van der Waals surface area contributed by atoms with E-state index in [0.717, 1.165) is 12.1 Å². The maximum Gasteiger partial charge on any atom is 0.305 e. The number of hydrogen-bond donors (Lipinski definition) is 2. The lowest BCUT2D eigenvalue weighted by molar-refractivity contribution is -0.136. The van der Waals surface area contributed by atoms with Gasteiger partial charge in [-0.2, -0.15) is 0 Å². The fourth-order valence-corrected chi connectivity index (χ4v) is 3.62. The number of carbonyl (C=O) groups excluding carboxylic acids is 1. The Bertz CT molecular complexity index is 883. The molecular weight excluding hydrogens is 394 g/mol. The average Bonchev–Trinajstić information content (AvgIpc) is 3.16. The van der Waals surface area contributed by atoms with Crippen LogP contribution in [0.2, 0.25) is 0 Å². The highest BCUT2D eigenvalue weighted by Crippen LogP contribution is 2.38. The molecule has 2 N–H and O–H groups in total. The first kappa shape index (κ1) is 20.8. The summed E-state index contributed by atoms with van der Waals surface area (Å²) in [5.41, 5.74) is 1.12. The third kappa shape index (κ3) is 4.25. The molecule has 2 aliphatic heterocycles. The number of nitrogens with zero attached hydrogens (tertiary/aromatic N) is 3. The lowest BCUT2D eigenvalue weighted by Gasteiger charge is -2.19. The van der Waals surface area contributed by atoms with Gasteiger partial charge in [-0.25, -0.2) is 0 Å². The number of rotatable bonds is 8. The van der Waals surface area contributed by atoms with E-state index in [9.17, 15) is 14.7 Å². The molecule has 1 fully saturated rings. The van der Waals surface area contributed by atoms with E-state index in [-0.39, 0.29) is 32.0 Å². The van der Waals surface area contributed by atoms with Crippen LogP contribution >= 0.6 is 12.2 Å². The largest absolute Gasteiger partial charge is 0.481 e. The molecule has 2 aliphatic rings. The van der Waals surface area contributed by atoms with Gasteiger partial charge in [-0.3, -0.25) is 14.5 Å². The quantitative estimate of drug-likeness (QED) is 0.490. The third-order valence-electron chi connectivity index (χ3n) is 4.56. The predicted molar refractivity (Wildman–Crippen MR) is 111 cm³/mol. The number of allylic oxidation sites excluding steroid dienone is 2. The van der Waals surface area contributed by atoms with Crippen LogP contribution in [-0.2, 0) is 9.59 Å². The topological polar surface area (TPSA) is 93.5 Å². The van der Waals surface area contributed by atoms with Gasteiger partial charge in [0.05, 0.1) is 18.7 Å². The van der Waals surface area contributed by atoms with Crippen LogP contribution in [-0.4, -0.2) is 63.2 Å². The minimum atomic E-state index is -0.910. The third-order valence-corrected chi connectivity index (χ3v) is 5.00. The number of aliphatic hydroxyl groups is 1. The Morgan fingerprint density at radius 1 is 1.14 bits per heavy atom. The fraction of sp³-hybridized carbons (Fsp3) is 0.350. The van der Waals surface area contributed by atoms with Crippen LogP contribution in [0.25, 0.3) is 0 Å². The Balaban J connectivity index is 1.92. The van der Waals surface area contributed by atoms with E-state index in [2.05, 4.69) is 0 Å². The summed E-state index contributed by atoms with van der Waals surface area (Å²) < 4.78 is 5.87. The number of fused-ring (bicyclic) bond motifs is 1. The summed E-state index contributed by atoms with van der Waals surface area (Å²) in [7, 11) is 0. The summed E-state index contributed by atoms with van der Waals surface area (Å²) >= 11 is 5.40. The van der Waals surface area contributed by atoms with Crippen LogP contribution in [0.5, 0.6) is 5.75 Å². The summed E-state index contributed by atoms with van der Waals surface area (Å²) in [4.78, 5) is 28.7. The number of carboxylic acid groups (broad SMARTS) is 1. The van der Waals surface area contributed by atoms with Crippen molar-refractivity contribution in [3.8, 4) is 5.75 Å². The molecule has 0 saturated carbocycles. The molecule has 0 aliphatic carbocycles. The number of β-amino-alcohol motifs (C(OH)–C–C–N with tert-alkyl or cyclic N) is 1. The van der Waals surface area contributed by atoms with Gasteiger partial charge in [0.2, 0.25) is 5.88 Å². The first-order chi connectivity index (χ1) is 14.0. The van der Waals surface area contributed by atoms with Crippen LogP contribution in [0, 0.1) is 0 Å². The Labute approximate surface area is 174 Å². The normalized spacial score (nSPS) is 18.8. The second-order valence-electron chi connectivity index (χ2n) is 6.54. The number of para-hydroxylation sites is 2. The lowest BCUT2D eigenvalue weighted by Crippen LogP contribution is -2.34. The molecule has 0 aromatic heterocycles. The number of thiocarbonyl (C=S) groups is 1. The van der Waals surface area contributed by atoms with Crippen molar-refractivity contribution in [2.24, 2.45) is 0 Å². The van der Waals surface area contributed by atoms with E-state index in [0.29, 0.717) is 29.0 Å². The van der Waals surface area contributed by atoms with Gasteiger partial charge in [-0.05, 0) is 36.8 Å². The monoisotopic (exact) mass is 417 g/mol. The Kier molecular flexibility index (Phi) is 6.50. The molecule has 29 heavy (non-hydrogen) atoms. The number of aliphatic carboxylic acids is 1. The standard InChI is InChI=1S/C20H23N3O5S/c1-2-10-23-19(27)15(22(12-13-24)20(23)29)7-8-17-21(11-9-18(25)26)14-5-3-4-6-16(14)28-17/h3-8,24H,2,9-13H2,1H3,(H,25,26)/b15-7+,17-8-. The smallest absolute Gasteiger partial charge is 0.305 e. The highest BCUT2D eigenvalue weighted by Gasteiger charge is 2.37. The molecule has 2 heterocycles. The predicted octanol–water partition coefficient (Wildman–Crippen LogP) is 1.92. The number of anilines is 1. The molecule has 0 unspecified atom stereocenters. The molecule has 0 bridgehead atoms. The molecule has 0 spiro atoms. The van der Waals surface area contributed by atoms with Gasteiger partial charge in [0.25, 0.3) is 5.91 Å². The van der Waals surface area contributed by atoms with Crippen molar-refractivity contribution >= 4 is 34.9 Å². The summed E-state index contributed by atoms with van der Waals surface area (Å²) in [5.74, 6) is -0.0883. The van der Waals surface area contributed by atoms with Crippen molar-refractivity contribution in [2.45, 2.75) is 19.8 Å². The minimum absolute atomic E-state index is 0.0600. The Morgan fingerprint density at radius 3 is 2.59 bits per heavy atom. The number of ether oxygens (including phenoxy) is 1. The second kappa shape index (κ2) is 9.06. The number of hydrogen-bond acceptors (Lipinski definition) is 6. The number of amides is 1. The molecule has 9 heteroatoms. The van der Waals surface area contributed by atoms with Gasteiger partial charge in [0.1, 0.15) is 5.70 Å². The van der Waals surface area contributed by atoms with Crippen LogP contribution in [0.3, 0.4) is 0 Å². The van der Waals surface area contributed by atoms with Gasteiger partial charge in [-0.15, -0.1) is 0 Å². The number of carbonyl (C=O) groups is 2. The van der Waals surface area contributed by atoms with E-state index in [4.69, 9.17) is 22.1 Å². The van der Waals surface area contributed by atoms with Gasteiger partial charge in [-0.1, -0.05) is 19.1 Å². The second-order valence-corrected chi connectivity index (χ2v) is 6.90. The van der Waals surface area contributed by atoms with E-state index in [1.165, 1.54) is 4.90 Å². The highest BCUT2D eigenvalue weighted by molar-refractivity contribution is 7.80. The first-order valence-electron chi connectivity index (χ1n) is 9.40. The molecule has 3 rings (SSSR count). The van der Waals surface area contributed by atoms with Crippen LogP contribution in [0.1, 0.15) is 19.8 Å². The zero-order valence-electron chi connectivity index (χ0n) is 16.1. The number of benzene rings is 1. The number of carboxylic acids is 1. The van der Waals surface area contributed by atoms with Gasteiger partial charge < -0.3 is 24.7 Å². The average molecular weight is 417 g/mol. The van der Waals surface area contributed by atoms with Crippen molar-refractivity contribution in [3.63, 3.8) is 0 Å². The van der Waals surface area contributed by atoms with Crippen molar-refractivity contribution in [1.82, 2.24) is 9.80 Å². The molecule has 0 radical (unpaired) electrons. The van der Waals surface area contributed by atoms with E-state index < -0.39 is 5.97 Å². The molecule has 8 nitrogen and oxygen atoms in total. The van der Waals surface area contributed by atoms with Crippen LogP contribution in [0.15, 0.2) is 48.0 Å². The summed E-state index contributed by atoms with van der Waals surface area (Å²) in [5, 5.41) is 18.8. The van der Waals surface area contributed by atoms with Crippen molar-refractivity contribution < 1.29 is 24.5 Å². The first-order valence-corrected chi connectivity index (χ1v) is 9.81. The zero-order chi connectivity index (χ0) is 21.0. The molecule has 154 valence electrons. The maximum atomic E-state index is 12.8. The SMILES string of the molecule is CCCN1C(=O)/C(=C\C=C2/Oc3ccccc3N2CCC(=O)O)N(CCO)C1=S. The van der Waals surface area contributed by atoms with Crippen LogP contribution in [0.4, 0.5) is 5.69 Å². The van der Waals surface area contributed by atoms with Crippen molar-refractivity contribution in [1.29, 1.82) is 0 Å². The van der Waals surface area contributed by atoms with Gasteiger partial charge in [0.15, 0.2) is 10.9 Å². The summed E-state index contributed by atoms with van der Waals surface area (Å²) in [6.07, 6.45) is 3.94. The molecule has 1 aromatic rings. The minimum Gasteiger partial charge on any atom is -0.481 e. The van der Waals surface area contributed by atoms with E-state index in [1.54, 1.807) is 28.0 Å². The van der Waals surface area contributed by atoms with E-state index >= 15 is 0 Å². The Hall–Kier alpha value is -2.91.